The fraction of sp³-hybridized carbons (Fsp3) is 0.316. The summed E-state index contributed by atoms with van der Waals surface area (Å²) in [4.78, 5) is 37.3. The number of esters is 1. The quantitative estimate of drug-likeness (QED) is 0.617. The molecule has 0 aliphatic heterocycles. The van der Waals surface area contributed by atoms with Crippen molar-refractivity contribution < 1.29 is 23.9 Å². The van der Waals surface area contributed by atoms with E-state index in [1.165, 1.54) is 23.5 Å². The minimum Gasteiger partial charge on any atom is -0.454 e. The van der Waals surface area contributed by atoms with Crippen LogP contribution in [0.15, 0.2) is 36.4 Å². The topological polar surface area (TPSA) is 81.7 Å². The minimum atomic E-state index is -0.601. The number of carbonyl (C=O) groups excluding carboxylic acids is 3. The second-order valence-electron chi connectivity index (χ2n) is 6.61. The van der Waals surface area contributed by atoms with Gasteiger partial charge in [0, 0.05) is 10.6 Å². The summed E-state index contributed by atoms with van der Waals surface area (Å²) in [5.41, 5.74) is 0.178. The third kappa shape index (κ3) is 6.00. The van der Waals surface area contributed by atoms with E-state index in [0.29, 0.717) is 10.6 Å². The molecule has 0 aliphatic carbocycles. The van der Waals surface area contributed by atoms with Gasteiger partial charge in [0.05, 0.1) is 10.4 Å². The first-order chi connectivity index (χ1) is 12.1. The van der Waals surface area contributed by atoms with Crippen molar-refractivity contribution in [3.63, 3.8) is 0 Å². The molecule has 0 atom stereocenters. The highest BCUT2D eigenvalue weighted by molar-refractivity contribution is 7.14. The summed E-state index contributed by atoms with van der Waals surface area (Å²) in [5.74, 6) is -0.838. The van der Waals surface area contributed by atoms with Crippen molar-refractivity contribution in [2.45, 2.75) is 33.3 Å². The first kappa shape index (κ1) is 19.7. The standard InChI is InChI=1S/C19H21NO5S/c1-12-5-10-16(26-12)15(21)11-24-17(22)13-6-8-14(9-7-13)20-18(23)25-19(2,3)4/h5-10H,11H2,1-4H3,(H,20,23). The Hall–Kier alpha value is -2.67. The summed E-state index contributed by atoms with van der Waals surface area (Å²) in [6.45, 7) is 6.90. The van der Waals surface area contributed by atoms with Crippen LogP contribution in [0.2, 0.25) is 0 Å². The first-order valence-corrected chi connectivity index (χ1v) is 8.82. The predicted molar refractivity (Wildman–Crippen MR) is 100.0 cm³/mol. The van der Waals surface area contributed by atoms with Gasteiger partial charge in [-0.2, -0.15) is 0 Å². The maximum atomic E-state index is 12.0. The minimum absolute atomic E-state index is 0.236. The van der Waals surface area contributed by atoms with Crippen LogP contribution in [-0.4, -0.2) is 30.1 Å². The Balaban J connectivity index is 1.88. The zero-order valence-electron chi connectivity index (χ0n) is 15.1. The van der Waals surface area contributed by atoms with Crippen LogP contribution in [0, 0.1) is 6.92 Å². The number of carbonyl (C=O) groups is 3. The molecule has 1 N–H and O–H groups in total. The lowest BCUT2D eigenvalue weighted by Gasteiger charge is -2.19. The van der Waals surface area contributed by atoms with Gasteiger partial charge >= 0.3 is 12.1 Å². The van der Waals surface area contributed by atoms with Crippen molar-refractivity contribution in [1.82, 2.24) is 0 Å². The number of aryl methyl sites for hydroxylation is 1. The van der Waals surface area contributed by atoms with Gasteiger partial charge in [0.1, 0.15) is 5.60 Å². The van der Waals surface area contributed by atoms with Gasteiger partial charge in [-0.15, -0.1) is 11.3 Å². The van der Waals surface area contributed by atoms with Crippen molar-refractivity contribution >= 4 is 34.9 Å². The van der Waals surface area contributed by atoms with Crippen LogP contribution >= 0.6 is 11.3 Å². The number of benzene rings is 1. The second kappa shape index (κ2) is 8.14. The number of thiophene rings is 1. The molecule has 26 heavy (non-hydrogen) atoms. The molecule has 0 saturated carbocycles. The Labute approximate surface area is 156 Å². The monoisotopic (exact) mass is 375 g/mol. The Morgan fingerprint density at radius 2 is 1.69 bits per heavy atom. The average molecular weight is 375 g/mol. The second-order valence-corrected chi connectivity index (χ2v) is 7.90. The molecule has 1 heterocycles. The molecule has 1 amide bonds. The summed E-state index contributed by atoms with van der Waals surface area (Å²) >= 11 is 1.36. The molecule has 0 saturated heterocycles. The van der Waals surface area contributed by atoms with Gasteiger partial charge in [0.2, 0.25) is 5.78 Å². The van der Waals surface area contributed by atoms with Crippen LogP contribution in [0.3, 0.4) is 0 Å². The van der Waals surface area contributed by atoms with Crippen molar-refractivity contribution in [3.05, 3.63) is 51.7 Å². The van der Waals surface area contributed by atoms with E-state index in [1.54, 1.807) is 39.0 Å². The number of ketones is 1. The highest BCUT2D eigenvalue weighted by Crippen LogP contribution is 2.16. The van der Waals surface area contributed by atoms with E-state index in [9.17, 15) is 14.4 Å². The number of hydrogen-bond donors (Lipinski definition) is 1. The lowest BCUT2D eigenvalue weighted by Crippen LogP contribution is -2.27. The van der Waals surface area contributed by atoms with E-state index < -0.39 is 17.7 Å². The third-order valence-electron chi connectivity index (χ3n) is 3.12. The Bertz CT molecular complexity index is 802. The van der Waals surface area contributed by atoms with Crippen LogP contribution in [0.4, 0.5) is 10.5 Å². The molecule has 1 aromatic heterocycles. The molecule has 2 aromatic rings. The molecule has 1 aromatic carbocycles. The fourth-order valence-corrected chi connectivity index (χ4v) is 2.77. The molecule has 0 spiro atoms. The van der Waals surface area contributed by atoms with Gasteiger partial charge in [-0.05, 0) is 64.1 Å². The molecule has 0 fully saturated rings. The normalized spacial score (nSPS) is 10.9. The molecule has 7 heteroatoms. The molecular weight excluding hydrogens is 354 g/mol. The summed E-state index contributed by atoms with van der Waals surface area (Å²) in [6.07, 6.45) is -0.579. The predicted octanol–water partition coefficient (Wildman–Crippen LogP) is 4.44. The van der Waals surface area contributed by atoms with Crippen LogP contribution in [0.25, 0.3) is 0 Å². The van der Waals surface area contributed by atoms with Gasteiger partial charge in [0.15, 0.2) is 6.61 Å². The van der Waals surface area contributed by atoms with Crippen molar-refractivity contribution in [2.24, 2.45) is 0 Å². The summed E-state index contributed by atoms with van der Waals surface area (Å²) in [5, 5.41) is 2.57. The molecule has 138 valence electrons. The summed E-state index contributed by atoms with van der Waals surface area (Å²) in [6, 6.07) is 9.70. The molecule has 6 nitrogen and oxygen atoms in total. The van der Waals surface area contributed by atoms with Gasteiger partial charge < -0.3 is 9.47 Å². The Kier molecular flexibility index (Phi) is 6.15. The maximum absolute atomic E-state index is 12.0. The van der Waals surface area contributed by atoms with Crippen molar-refractivity contribution in [2.75, 3.05) is 11.9 Å². The number of anilines is 1. The fourth-order valence-electron chi connectivity index (χ4n) is 1.98. The van der Waals surface area contributed by atoms with Gasteiger partial charge in [-0.1, -0.05) is 0 Å². The van der Waals surface area contributed by atoms with Crippen molar-refractivity contribution in [1.29, 1.82) is 0 Å². The number of amides is 1. The zero-order valence-corrected chi connectivity index (χ0v) is 15.9. The molecule has 0 unspecified atom stereocenters. The molecule has 0 aliphatic rings. The summed E-state index contributed by atoms with van der Waals surface area (Å²) in [7, 11) is 0. The SMILES string of the molecule is Cc1ccc(C(=O)COC(=O)c2ccc(NC(=O)OC(C)(C)C)cc2)s1. The van der Waals surface area contributed by atoms with Gasteiger partial charge in [0.25, 0.3) is 0 Å². The number of ether oxygens (including phenoxy) is 2. The summed E-state index contributed by atoms with van der Waals surface area (Å²) < 4.78 is 10.2. The third-order valence-corrected chi connectivity index (χ3v) is 4.16. The Morgan fingerprint density at radius 3 is 2.23 bits per heavy atom. The molecule has 0 bridgehead atoms. The highest BCUT2D eigenvalue weighted by atomic mass is 32.1. The van der Waals surface area contributed by atoms with Gasteiger partial charge in [-0.25, -0.2) is 9.59 Å². The number of Topliss-reactive ketones (excluding diaryl/α,β-unsaturated/α-hetero) is 1. The lowest BCUT2D eigenvalue weighted by atomic mass is 10.2. The largest absolute Gasteiger partial charge is 0.454 e. The first-order valence-electron chi connectivity index (χ1n) is 8.01. The number of nitrogens with one attached hydrogen (secondary N) is 1. The highest BCUT2D eigenvalue weighted by Gasteiger charge is 2.17. The van der Waals surface area contributed by atoms with E-state index >= 15 is 0 Å². The van der Waals surface area contributed by atoms with E-state index in [2.05, 4.69) is 5.32 Å². The van der Waals surface area contributed by atoms with Crippen molar-refractivity contribution in [3.8, 4) is 0 Å². The van der Waals surface area contributed by atoms with E-state index in [1.807, 2.05) is 13.0 Å². The van der Waals surface area contributed by atoms with E-state index in [4.69, 9.17) is 9.47 Å². The maximum Gasteiger partial charge on any atom is 0.412 e. The smallest absolute Gasteiger partial charge is 0.412 e. The van der Waals surface area contributed by atoms with E-state index in [-0.39, 0.29) is 18.0 Å². The van der Waals surface area contributed by atoms with Crippen LogP contribution < -0.4 is 5.32 Å². The zero-order chi connectivity index (χ0) is 19.3. The van der Waals surface area contributed by atoms with E-state index in [0.717, 1.165) is 4.88 Å². The molecule has 2 rings (SSSR count). The number of rotatable bonds is 5. The lowest BCUT2D eigenvalue weighted by molar-refractivity contribution is 0.0476. The molecular formula is C19H21NO5S. The molecule has 0 radical (unpaired) electrons. The average Bonchev–Trinajstić information content (AvgIpc) is 2.97. The van der Waals surface area contributed by atoms with Crippen LogP contribution in [-0.2, 0) is 9.47 Å². The van der Waals surface area contributed by atoms with Crippen LogP contribution in [0.1, 0.15) is 45.7 Å². The Morgan fingerprint density at radius 1 is 1.04 bits per heavy atom. The van der Waals surface area contributed by atoms with Crippen LogP contribution in [0.5, 0.6) is 0 Å². The van der Waals surface area contributed by atoms with Gasteiger partial charge in [-0.3, -0.25) is 10.1 Å². The number of hydrogen-bond acceptors (Lipinski definition) is 6.